The lowest BCUT2D eigenvalue weighted by atomic mass is 9.43. The van der Waals surface area contributed by atoms with E-state index in [9.17, 15) is 15.0 Å². The molecule has 0 aliphatic heterocycles. The van der Waals surface area contributed by atoms with Crippen LogP contribution in [0.1, 0.15) is 78.6 Å². The van der Waals surface area contributed by atoms with Crippen molar-refractivity contribution in [3.63, 3.8) is 0 Å². The summed E-state index contributed by atoms with van der Waals surface area (Å²) in [5.74, 6) is 0.346. The fraction of sp³-hybridized carbons (Fsp3) is 0.958. The van der Waals surface area contributed by atoms with Crippen LogP contribution in [0.5, 0.6) is 0 Å². The van der Waals surface area contributed by atoms with Crippen LogP contribution in [-0.4, -0.2) is 39.7 Å². The minimum atomic E-state index is -1.21. The summed E-state index contributed by atoms with van der Waals surface area (Å²) >= 11 is 0. The van der Waals surface area contributed by atoms with E-state index in [0.717, 1.165) is 38.5 Å². The lowest BCUT2D eigenvalue weighted by Crippen LogP contribution is -2.63. The summed E-state index contributed by atoms with van der Waals surface area (Å²) < 4.78 is 15.8. The quantitative estimate of drug-likeness (QED) is 0.641. The second-order valence-electron chi connectivity index (χ2n) is 11.4. The molecule has 4 nitrogen and oxygen atoms in total. The first-order chi connectivity index (χ1) is 13.6. The van der Waals surface area contributed by atoms with Gasteiger partial charge in [0.1, 0.15) is 6.17 Å². The highest BCUT2D eigenvalue weighted by molar-refractivity contribution is 5.66. The van der Waals surface area contributed by atoms with E-state index in [-0.39, 0.29) is 40.9 Å². The van der Waals surface area contributed by atoms with E-state index in [2.05, 4.69) is 20.8 Å². The topological polar surface area (TPSA) is 77.8 Å². The number of halogens is 1. The SMILES string of the molecule is C[C@H](CCC(=O)O)[C@H]1CC[C@H]2[C@@H]3[C@H](F)[C@H](O)C4C[C@H](O)CC[C@]4(C)[C@H]3CC[C@]12C. The standard InChI is InChI=1S/C24H39FO4/c1-13(4-7-19(27)28)15-5-6-16-20-17(9-11-23(15,16)2)24(3)10-8-14(26)12-18(24)22(29)21(20)25/h13-18,20-22,26,29H,4-12H2,1-3H3,(H,27,28)/t13-,14-,15-,16+,17+,18?,20+,21+,22-,23-,24-/m1/s1. The first kappa shape index (κ1) is 21.5. The molecule has 3 N–H and O–H groups in total. The molecule has 1 unspecified atom stereocenters. The van der Waals surface area contributed by atoms with Gasteiger partial charge in [0.25, 0.3) is 0 Å². The Kier molecular flexibility index (Phi) is 5.55. The van der Waals surface area contributed by atoms with E-state index in [0.29, 0.717) is 24.7 Å². The molecule has 0 amide bonds. The fourth-order valence-corrected chi connectivity index (χ4v) is 8.72. The molecule has 0 radical (unpaired) electrons. The zero-order valence-electron chi connectivity index (χ0n) is 18.2. The molecule has 0 bridgehead atoms. The second kappa shape index (κ2) is 7.47. The van der Waals surface area contributed by atoms with Gasteiger partial charge in [-0.1, -0.05) is 20.8 Å². The molecule has 29 heavy (non-hydrogen) atoms. The molecule has 0 spiro atoms. The molecule has 0 aromatic heterocycles. The molecular weight excluding hydrogens is 371 g/mol. The van der Waals surface area contributed by atoms with Crippen LogP contribution in [0.2, 0.25) is 0 Å². The van der Waals surface area contributed by atoms with Gasteiger partial charge in [-0.15, -0.1) is 0 Å². The van der Waals surface area contributed by atoms with Crippen molar-refractivity contribution < 1.29 is 24.5 Å². The third-order valence-electron chi connectivity index (χ3n) is 10.2. The minimum Gasteiger partial charge on any atom is -0.481 e. The Morgan fingerprint density at radius 2 is 1.69 bits per heavy atom. The van der Waals surface area contributed by atoms with Gasteiger partial charge >= 0.3 is 5.97 Å². The predicted octanol–water partition coefficient (Wildman–Crippen LogP) is 4.43. The summed E-state index contributed by atoms with van der Waals surface area (Å²) in [4.78, 5) is 11.0. The fourth-order valence-electron chi connectivity index (χ4n) is 8.72. The van der Waals surface area contributed by atoms with Crippen molar-refractivity contribution in [1.82, 2.24) is 0 Å². The molecule has 166 valence electrons. The number of carbonyl (C=O) groups is 1. The van der Waals surface area contributed by atoms with Crippen molar-refractivity contribution in [1.29, 1.82) is 0 Å². The van der Waals surface area contributed by atoms with Crippen LogP contribution >= 0.6 is 0 Å². The van der Waals surface area contributed by atoms with Crippen molar-refractivity contribution in [3.05, 3.63) is 0 Å². The smallest absolute Gasteiger partial charge is 0.303 e. The highest BCUT2D eigenvalue weighted by Gasteiger charge is 2.65. The lowest BCUT2D eigenvalue weighted by molar-refractivity contribution is -0.205. The minimum absolute atomic E-state index is 0.0422. The molecule has 4 aliphatic carbocycles. The van der Waals surface area contributed by atoms with Crippen LogP contribution in [0.15, 0.2) is 0 Å². The van der Waals surface area contributed by atoms with Crippen LogP contribution in [0.4, 0.5) is 4.39 Å². The highest BCUT2D eigenvalue weighted by atomic mass is 19.1. The Hall–Kier alpha value is -0.680. The van der Waals surface area contributed by atoms with E-state index < -0.39 is 24.3 Å². The number of aliphatic hydroxyl groups is 2. The predicted molar refractivity (Wildman–Crippen MR) is 109 cm³/mol. The van der Waals surface area contributed by atoms with Crippen LogP contribution in [-0.2, 0) is 4.79 Å². The average molecular weight is 411 g/mol. The molecular formula is C24H39FO4. The molecule has 0 saturated heterocycles. The number of rotatable bonds is 4. The molecule has 0 aromatic carbocycles. The normalized spacial score (nSPS) is 52.9. The van der Waals surface area contributed by atoms with Gasteiger partial charge in [0.05, 0.1) is 12.2 Å². The number of aliphatic carboxylic acids is 1. The molecule has 0 aromatic rings. The summed E-state index contributed by atoms with van der Waals surface area (Å²) in [5.41, 5.74) is -0.0409. The number of aliphatic hydroxyl groups excluding tert-OH is 2. The summed E-state index contributed by atoms with van der Waals surface area (Å²) in [6.07, 6.45) is 4.59. The molecule has 4 fully saturated rings. The van der Waals surface area contributed by atoms with Crippen LogP contribution in [0.3, 0.4) is 0 Å². The Bertz CT molecular complexity index is 640. The van der Waals surface area contributed by atoms with E-state index in [4.69, 9.17) is 5.11 Å². The number of fused-ring (bicyclic) bond motifs is 5. The number of alkyl halides is 1. The maximum absolute atomic E-state index is 15.8. The van der Waals surface area contributed by atoms with E-state index >= 15 is 4.39 Å². The Balaban J connectivity index is 1.59. The zero-order valence-corrected chi connectivity index (χ0v) is 18.2. The van der Waals surface area contributed by atoms with Gasteiger partial charge in [0, 0.05) is 6.42 Å². The van der Waals surface area contributed by atoms with Crippen molar-refractivity contribution in [2.45, 2.75) is 96.9 Å². The molecule has 5 heteroatoms. The lowest BCUT2D eigenvalue weighted by Gasteiger charge is -2.63. The van der Waals surface area contributed by atoms with Gasteiger partial charge in [0.2, 0.25) is 0 Å². The molecule has 11 atom stereocenters. The molecule has 0 heterocycles. The Morgan fingerprint density at radius 3 is 2.38 bits per heavy atom. The van der Waals surface area contributed by atoms with Gasteiger partial charge in [0.15, 0.2) is 0 Å². The summed E-state index contributed by atoms with van der Waals surface area (Å²) in [6, 6.07) is 0. The van der Waals surface area contributed by atoms with Crippen LogP contribution < -0.4 is 0 Å². The van der Waals surface area contributed by atoms with Crippen LogP contribution in [0, 0.1) is 46.3 Å². The van der Waals surface area contributed by atoms with Gasteiger partial charge < -0.3 is 15.3 Å². The van der Waals surface area contributed by atoms with Gasteiger partial charge in [-0.05, 0) is 97.7 Å². The second-order valence-corrected chi connectivity index (χ2v) is 11.4. The molecule has 4 rings (SSSR count). The number of carboxylic acid groups (broad SMARTS) is 1. The van der Waals surface area contributed by atoms with Crippen molar-refractivity contribution >= 4 is 5.97 Å². The van der Waals surface area contributed by atoms with Gasteiger partial charge in [-0.2, -0.15) is 0 Å². The number of hydrogen-bond acceptors (Lipinski definition) is 3. The van der Waals surface area contributed by atoms with Crippen molar-refractivity contribution in [3.8, 4) is 0 Å². The van der Waals surface area contributed by atoms with Gasteiger partial charge in [-0.3, -0.25) is 4.79 Å². The highest BCUT2D eigenvalue weighted by Crippen LogP contribution is 2.68. The molecule has 4 saturated carbocycles. The van der Waals surface area contributed by atoms with E-state index in [1.807, 2.05) is 0 Å². The Morgan fingerprint density at radius 1 is 1.03 bits per heavy atom. The average Bonchev–Trinajstić information content (AvgIpc) is 3.02. The third-order valence-corrected chi connectivity index (χ3v) is 10.2. The maximum atomic E-state index is 15.8. The van der Waals surface area contributed by atoms with Crippen LogP contribution in [0.25, 0.3) is 0 Å². The maximum Gasteiger partial charge on any atom is 0.303 e. The number of carboxylic acids is 1. The number of hydrogen-bond donors (Lipinski definition) is 3. The summed E-state index contributed by atoms with van der Waals surface area (Å²) in [6.45, 7) is 6.75. The van der Waals surface area contributed by atoms with Gasteiger partial charge in [-0.25, -0.2) is 4.39 Å². The first-order valence-electron chi connectivity index (χ1n) is 11.8. The summed E-state index contributed by atoms with van der Waals surface area (Å²) in [5, 5.41) is 30.2. The largest absolute Gasteiger partial charge is 0.481 e. The zero-order chi connectivity index (χ0) is 21.1. The van der Waals surface area contributed by atoms with E-state index in [1.54, 1.807) is 0 Å². The van der Waals surface area contributed by atoms with Crippen molar-refractivity contribution in [2.24, 2.45) is 46.3 Å². The first-order valence-corrected chi connectivity index (χ1v) is 11.8. The molecule has 4 aliphatic rings. The summed E-state index contributed by atoms with van der Waals surface area (Å²) in [7, 11) is 0. The Labute approximate surface area is 174 Å². The van der Waals surface area contributed by atoms with Crippen molar-refractivity contribution in [2.75, 3.05) is 0 Å². The third kappa shape index (κ3) is 3.26. The van der Waals surface area contributed by atoms with E-state index in [1.165, 1.54) is 0 Å². The monoisotopic (exact) mass is 410 g/mol.